The fourth-order valence-electron chi connectivity index (χ4n) is 0.767. The Bertz CT molecular complexity index is 253. The summed E-state index contributed by atoms with van der Waals surface area (Å²) in [5.74, 6) is -0.485. The standard InChI is InChI=1S/C8H11FN2/c1-8(2,10)6-4-3-5-7(9)11-6/h3-5H,10H2,1-2H3. The van der Waals surface area contributed by atoms with Crippen LogP contribution in [-0.2, 0) is 5.54 Å². The summed E-state index contributed by atoms with van der Waals surface area (Å²) >= 11 is 0. The van der Waals surface area contributed by atoms with E-state index in [2.05, 4.69) is 4.98 Å². The molecule has 0 unspecified atom stereocenters. The SMILES string of the molecule is CC(C)(N)c1cccc(F)n1. The van der Waals surface area contributed by atoms with Gasteiger partial charge in [0.2, 0.25) is 5.95 Å². The number of pyridine rings is 1. The minimum atomic E-state index is -0.567. The number of hydrogen-bond acceptors (Lipinski definition) is 2. The summed E-state index contributed by atoms with van der Waals surface area (Å²) in [7, 11) is 0. The lowest BCUT2D eigenvalue weighted by Gasteiger charge is -2.16. The molecule has 0 aliphatic heterocycles. The Morgan fingerprint density at radius 2 is 2.09 bits per heavy atom. The highest BCUT2D eigenvalue weighted by Crippen LogP contribution is 2.13. The molecule has 0 amide bonds. The number of rotatable bonds is 1. The van der Waals surface area contributed by atoms with E-state index in [-0.39, 0.29) is 0 Å². The highest BCUT2D eigenvalue weighted by Gasteiger charge is 2.15. The Kier molecular flexibility index (Phi) is 1.91. The molecule has 1 aromatic rings. The number of nitrogens with zero attached hydrogens (tertiary/aromatic N) is 1. The van der Waals surface area contributed by atoms with Gasteiger partial charge in [0, 0.05) is 0 Å². The van der Waals surface area contributed by atoms with E-state index in [0.29, 0.717) is 5.69 Å². The van der Waals surface area contributed by atoms with Crippen LogP contribution in [0.3, 0.4) is 0 Å². The van der Waals surface area contributed by atoms with Crippen LogP contribution in [0.25, 0.3) is 0 Å². The van der Waals surface area contributed by atoms with E-state index in [4.69, 9.17) is 5.73 Å². The van der Waals surface area contributed by atoms with Gasteiger partial charge in [-0.15, -0.1) is 0 Å². The van der Waals surface area contributed by atoms with Crippen LogP contribution in [0.15, 0.2) is 18.2 Å². The Morgan fingerprint density at radius 3 is 2.45 bits per heavy atom. The number of hydrogen-bond donors (Lipinski definition) is 1. The third-order valence-electron chi connectivity index (χ3n) is 1.38. The van der Waals surface area contributed by atoms with Gasteiger partial charge >= 0.3 is 0 Å². The van der Waals surface area contributed by atoms with Gasteiger partial charge in [-0.1, -0.05) is 6.07 Å². The highest BCUT2D eigenvalue weighted by atomic mass is 19.1. The summed E-state index contributed by atoms with van der Waals surface area (Å²) in [6.07, 6.45) is 0. The van der Waals surface area contributed by atoms with Crippen LogP contribution in [0.4, 0.5) is 4.39 Å². The largest absolute Gasteiger partial charge is 0.321 e. The Morgan fingerprint density at radius 1 is 1.45 bits per heavy atom. The van der Waals surface area contributed by atoms with Crippen molar-refractivity contribution in [1.82, 2.24) is 4.98 Å². The number of halogens is 1. The lowest BCUT2D eigenvalue weighted by molar-refractivity contribution is 0.503. The minimum Gasteiger partial charge on any atom is -0.321 e. The molecule has 0 radical (unpaired) electrons. The van der Waals surface area contributed by atoms with Crippen molar-refractivity contribution < 1.29 is 4.39 Å². The van der Waals surface area contributed by atoms with Crippen molar-refractivity contribution in [2.45, 2.75) is 19.4 Å². The van der Waals surface area contributed by atoms with Crippen LogP contribution in [0.1, 0.15) is 19.5 Å². The maximum atomic E-state index is 12.5. The average Bonchev–Trinajstić information content (AvgIpc) is 1.86. The summed E-state index contributed by atoms with van der Waals surface area (Å²) in [4.78, 5) is 3.65. The van der Waals surface area contributed by atoms with Crippen molar-refractivity contribution in [2.75, 3.05) is 0 Å². The average molecular weight is 154 g/mol. The first-order chi connectivity index (χ1) is 5.00. The molecule has 1 aromatic heterocycles. The fraction of sp³-hybridized carbons (Fsp3) is 0.375. The molecule has 0 aliphatic carbocycles. The van der Waals surface area contributed by atoms with Gasteiger partial charge in [-0.25, -0.2) is 4.98 Å². The van der Waals surface area contributed by atoms with Crippen LogP contribution >= 0.6 is 0 Å². The predicted molar refractivity (Wildman–Crippen MR) is 41.4 cm³/mol. The molecule has 2 nitrogen and oxygen atoms in total. The molecule has 0 spiro atoms. The molecule has 0 atom stereocenters. The molecule has 0 bridgehead atoms. The lowest BCUT2D eigenvalue weighted by atomic mass is 10.0. The topological polar surface area (TPSA) is 38.9 Å². The van der Waals surface area contributed by atoms with E-state index < -0.39 is 11.5 Å². The zero-order valence-corrected chi connectivity index (χ0v) is 6.63. The van der Waals surface area contributed by atoms with Gasteiger partial charge in [-0.2, -0.15) is 4.39 Å². The third-order valence-corrected chi connectivity index (χ3v) is 1.38. The minimum absolute atomic E-state index is 0.485. The molecule has 11 heavy (non-hydrogen) atoms. The smallest absolute Gasteiger partial charge is 0.213 e. The van der Waals surface area contributed by atoms with Gasteiger partial charge in [0.25, 0.3) is 0 Å². The summed E-state index contributed by atoms with van der Waals surface area (Å²) in [5.41, 5.74) is 5.70. The molecule has 0 fully saturated rings. The van der Waals surface area contributed by atoms with Gasteiger partial charge in [0.15, 0.2) is 0 Å². The van der Waals surface area contributed by atoms with Crippen molar-refractivity contribution in [3.63, 3.8) is 0 Å². The van der Waals surface area contributed by atoms with Crippen LogP contribution in [0, 0.1) is 5.95 Å². The van der Waals surface area contributed by atoms with Gasteiger partial charge < -0.3 is 5.73 Å². The molecule has 2 N–H and O–H groups in total. The fourth-order valence-corrected chi connectivity index (χ4v) is 0.767. The summed E-state index contributed by atoms with van der Waals surface area (Å²) < 4.78 is 12.5. The van der Waals surface area contributed by atoms with E-state index in [0.717, 1.165) is 0 Å². The van der Waals surface area contributed by atoms with Crippen LogP contribution in [0.5, 0.6) is 0 Å². The molecule has 3 heteroatoms. The molecule has 0 saturated carbocycles. The first-order valence-electron chi connectivity index (χ1n) is 3.42. The van der Waals surface area contributed by atoms with Crippen molar-refractivity contribution in [3.05, 3.63) is 29.8 Å². The quantitative estimate of drug-likeness (QED) is 0.621. The highest BCUT2D eigenvalue weighted by molar-refractivity contribution is 5.12. The van der Waals surface area contributed by atoms with E-state index in [1.165, 1.54) is 6.07 Å². The van der Waals surface area contributed by atoms with Gasteiger partial charge in [0.1, 0.15) is 0 Å². The van der Waals surface area contributed by atoms with E-state index in [1.807, 2.05) is 0 Å². The van der Waals surface area contributed by atoms with Gasteiger partial charge in [-0.3, -0.25) is 0 Å². The van der Waals surface area contributed by atoms with Crippen molar-refractivity contribution >= 4 is 0 Å². The van der Waals surface area contributed by atoms with E-state index in [9.17, 15) is 4.39 Å². The Labute approximate surface area is 65.3 Å². The zero-order chi connectivity index (χ0) is 8.48. The maximum absolute atomic E-state index is 12.5. The molecule has 0 aliphatic rings. The summed E-state index contributed by atoms with van der Waals surface area (Å²) in [6, 6.07) is 4.62. The number of aromatic nitrogens is 1. The molecule has 1 rings (SSSR count). The Hall–Kier alpha value is -0.960. The normalized spacial score (nSPS) is 11.6. The predicted octanol–water partition coefficient (Wildman–Crippen LogP) is 1.41. The summed E-state index contributed by atoms with van der Waals surface area (Å²) in [5, 5.41) is 0. The molecular weight excluding hydrogens is 143 g/mol. The Balaban J connectivity index is 3.06. The number of nitrogens with two attached hydrogens (primary N) is 1. The summed E-state index contributed by atoms with van der Waals surface area (Å²) in [6.45, 7) is 3.57. The van der Waals surface area contributed by atoms with E-state index in [1.54, 1.807) is 26.0 Å². The second-order valence-electron chi connectivity index (χ2n) is 3.07. The van der Waals surface area contributed by atoms with Crippen LogP contribution in [-0.4, -0.2) is 4.98 Å². The van der Waals surface area contributed by atoms with Crippen LogP contribution < -0.4 is 5.73 Å². The van der Waals surface area contributed by atoms with Gasteiger partial charge in [-0.05, 0) is 26.0 Å². The van der Waals surface area contributed by atoms with Crippen molar-refractivity contribution in [1.29, 1.82) is 0 Å². The lowest BCUT2D eigenvalue weighted by Crippen LogP contribution is -2.30. The molecule has 0 saturated heterocycles. The molecule has 60 valence electrons. The van der Waals surface area contributed by atoms with E-state index >= 15 is 0 Å². The third kappa shape index (κ3) is 1.98. The second-order valence-corrected chi connectivity index (χ2v) is 3.07. The monoisotopic (exact) mass is 154 g/mol. The first kappa shape index (κ1) is 8.14. The van der Waals surface area contributed by atoms with Crippen molar-refractivity contribution in [3.8, 4) is 0 Å². The maximum Gasteiger partial charge on any atom is 0.213 e. The molecular formula is C8H11FN2. The second kappa shape index (κ2) is 2.58. The molecule has 1 heterocycles. The first-order valence-corrected chi connectivity index (χ1v) is 3.42. The van der Waals surface area contributed by atoms with Crippen molar-refractivity contribution in [2.24, 2.45) is 5.73 Å². The molecule has 0 aromatic carbocycles. The van der Waals surface area contributed by atoms with Gasteiger partial charge in [0.05, 0.1) is 11.2 Å². The zero-order valence-electron chi connectivity index (χ0n) is 6.63. The van der Waals surface area contributed by atoms with Crippen LogP contribution in [0.2, 0.25) is 0 Å².